The maximum absolute atomic E-state index is 12.7. The number of halogens is 2. The molecule has 31 heavy (non-hydrogen) atoms. The van der Waals surface area contributed by atoms with Crippen LogP contribution in [0, 0.1) is 0 Å². The van der Waals surface area contributed by atoms with E-state index >= 15 is 0 Å². The van der Waals surface area contributed by atoms with Crippen molar-refractivity contribution in [3.05, 3.63) is 60.8 Å². The summed E-state index contributed by atoms with van der Waals surface area (Å²) in [6.07, 6.45) is 1.32. The number of ether oxygens (including phenoxy) is 1. The third kappa shape index (κ3) is 3.82. The minimum Gasteiger partial charge on any atom is -0.505 e. The SMILES string of the molecule is COc1ccc(NC(=O)c2c(O)n(C)c(=O)n(C)c2=O)c(O)c1-c1ncc(Cl)cc1Cl. The van der Waals surface area contributed by atoms with Crippen LogP contribution in [0.4, 0.5) is 5.69 Å². The Labute approximate surface area is 184 Å². The summed E-state index contributed by atoms with van der Waals surface area (Å²) >= 11 is 12.1. The van der Waals surface area contributed by atoms with E-state index in [1.54, 1.807) is 0 Å². The summed E-state index contributed by atoms with van der Waals surface area (Å²) in [5.74, 6) is -2.12. The third-order valence-electron chi connectivity index (χ3n) is 4.51. The normalized spacial score (nSPS) is 10.7. The van der Waals surface area contributed by atoms with Crippen LogP contribution in [0.1, 0.15) is 10.4 Å². The summed E-state index contributed by atoms with van der Waals surface area (Å²) in [6, 6.07) is 4.18. The van der Waals surface area contributed by atoms with Crippen LogP contribution >= 0.6 is 23.2 Å². The molecular formula is C19H16Cl2N4O6. The Morgan fingerprint density at radius 1 is 1.16 bits per heavy atom. The summed E-state index contributed by atoms with van der Waals surface area (Å²) in [7, 11) is 3.73. The lowest BCUT2D eigenvalue weighted by atomic mass is 10.1. The second-order valence-electron chi connectivity index (χ2n) is 6.38. The molecule has 1 aromatic carbocycles. The average molecular weight is 467 g/mol. The molecule has 2 aromatic heterocycles. The van der Waals surface area contributed by atoms with Crippen molar-refractivity contribution in [1.29, 1.82) is 0 Å². The summed E-state index contributed by atoms with van der Waals surface area (Å²) in [5.41, 5.74) is -2.41. The zero-order valence-electron chi connectivity index (χ0n) is 16.4. The molecule has 2 heterocycles. The van der Waals surface area contributed by atoms with Gasteiger partial charge in [-0.2, -0.15) is 0 Å². The molecule has 162 valence electrons. The Morgan fingerprint density at radius 2 is 1.84 bits per heavy atom. The Hall–Kier alpha value is -3.50. The van der Waals surface area contributed by atoms with Crippen LogP contribution in [0.25, 0.3) is 11.3 Å². The van der Waals surface area contributed by atoms with Crippen LogP contribution in [0.15, 0.2) is 34.0 Å². The van der Waals surface area contributed by atoms with E-state index in [4.69, 9.17) is 27.9 Å². The van der Waals surface area contributed by atoms with E-state index in [9.17, 15) is 24.6 Å². The molecule has 3 N–H and O–H groups in total. The van der Waals surface area contributed by atoms with Gasteiger partial charge in [-0.25, -0.2) is 4.79 Å². The smallest absolute Gasteiger partial charge is 0.333 e. The Bertz CT molecular complexity index is 1330. The third-order valence-corrected chi connectivity index (χ3v) is 5.01. The zero-order chi connectivity index (χ0) is 23.0. The van der Waals surface area contributed by atoms with Crippen molar-refractivity contribution in [2.45, 2.75) is 0 Å². The van der Waals surface area contributed by atoms with Gasteiger partial charge in [0.05, 0.1) is 34.1 Å². The molecule has 3 rings (SSSR count). The van der Waals surface area contributed by atoms with Gasteiger partial charge in [0.2, 0.25) is 5.88 Å². The molecule has 0 fully saturated rings. The number of hydrogen-bond acceptors (Lipinski definition) is 7. The van der Waals surface area contributed by atoms with Gasteiger partial charge in [-0.05, 0) is 18.2 Å². The minimum atomic E-state index is -1.05. The summed E-state index contributed by atoms with van der Waals surface area (Å²) < 4.78 is 6.67. The number of phenols is 1. The van der Waals surface area contributed by atoms with E-state index in [0.29, 0.717) is 4.57 Å². The van der Waals surface area contributed by atoms with Gasteiger partial charge in [-0.1, -0.05) is 23.2 Å². The fourth-order valence-corrected chi connectivity index (χ4v) is 3.36. The summed E-state index contributed by atoms with van der Waals surface area (Å²) in [5, 5.41) is 23.7. The van der Waals surface area contributed by atoms with E-state index in [1.165, 1.54) is 38.6 Å². The molecule has 0 aliphatic carbocycles. The van der Waals surface area contributed by atoms with Gasteiger partial charge in [0.15, 0.2) is 11.3 Å². The highest BCUT2D eigenvalue weighted by molar-refractivity contribution is 6.36. The van der Waals surface area contributed by atoms with E-state index in [2.05, 4.69) is 10.3 Å². The van der Waals surface area contributed by atoms with Crippen molar-refractivity contribution in [3.63, 3.8) is 0 Å². The van der Waals surface area contributed by atoms with Gasteiger partial charge in [0.1, 0.15) is 5.75 Å². The van der Waals surface area contributed by atoms with Gasteiger partial charge >= 0.3 is 5.69 Å². The highest BCUT2D eigenvalue weighted by Crippen LogP contribution is 2.44. The number of methoxy groups -OCH3 is 1. The number of phenolic OH excluding ortho intramolecular Hbond substituents is 1. The predicted octanol–water partition coefficient (Wildman–Crippen LogP) is 2.12. The van der Waals surface area contributed by atoms with E-state index in [1.807, 2.05) is 0 Å². The molecule has 0 atom stereocenters. The fraction of sp³-hybridized carbons (Fsp3) is 0.158. The molecule has 0 aliphatic heterocycles. The number of carbonyl (C=O) groups excluding carboxylic acids is 1. The average Bonchev–Trinajstić information content (AvgIpc) is 2.73. The van der Waals surface area contributed by atoms with Crippen LogP contribution < -0.4 is 21.3 Å². The van der Waals surface area contributed by atoms with Gasteiger partial charge < -0.3 is 20.3 Å². The lowest BCUT2D eigenvalue weighted by Crippen LogP contribution is -2.40. The molecule has 0 aliphatic rings. The number of amides is 1. The number of aromatic hydroxyl groups is 2. The number of aromatic nitrogens is 3. The van der Waals surface area contributed by atoms with Crippen molar-refractivity contribution in [1.82, 2.24) is 14.1 Å². The number of pyridine rings is 1. The Kier molecular flexibility index (Phi) is 5.96. The van der Waals surface area contributed by atoms with Crippen LogP contribution in [0.5, 0.6) is 17.4 Å². The predicted molar refractivity (Wildman–Crippen MR) is 114 cm³/mol. The zero-order valence-corrected chi connectivity index (χ0v) is 17.9. The second-order valence-corrected chi connectivity index (χ2v) is 7.23. The van der Waals surface area contributed by atoms with Crippen molar-refractivity contribution >= 4 is 34.8 Å². The van der Waals surface area contributed by atoms with Crippen molar-refractivity contribution in [2.75, 3.05) is 12.4 Å². The topological polar surface area (TPSA) is 136 Å². The number of hydrogen-bond donors (Lipinski definition) is 3. The maximum atomic E-state index is 12.7. The monoisotopic (exact) mass is 466 g/mol. The number of carbonyl (C=O) groups is 1. The quantitative estimate of drug-likeness (QED) is 0.500. The molecule has 3 aromatic rings. The maximum Gasteiger partial charge on any atom is 0.333 e. The molecule has 0 unspecified atom stereocenters. The number of benzene rings is 1. The highest BCUT2D eigenvalue weighted by atomic mass is 35.5. The molecule has 0 radical (unpaired) electrons. The van der Waals surface area contributed by atoms with Crippen molar-refractivity contribution in [2.24, 2.45) is 14.1 Å². The van der Waals surface area contributed by atoms with Crippen molar-refractivity contribution in [3.8, 4) is 28.6 Å². The summed E-state index contributed by atoms with van der Waals surface area (Å²) in [4.78, 5) is 41.1. The molecule has 10 nitrogen and oxygen atoms in total. The lowest BCUT2D eigenvalue weighted by Gasteiger charge is -2.16. The molecular weight excluding hydrogens is 451 g/mol. The van der Waals surface area contributed by atoms with Gasteiger partial charge in [0.25, 0.3) is 11.5 Å². The van der Waals surface area contributed by atoms with Crippen LogP contribution in [0.2, 0.25) is 10.0 Å². The number of anilines is 1. The number of rotatable bonds is 4. The molecule has 1 amide bonds. The Balaban J connectivity index is 2.13. The molecule has 0 spiro atoms. The molecule has 12 heteroatoms. The van der Waals surface area contributed by atoms with Gasteiger partial charge in [-0.3, -0.25) is 23.7 Å². The number of nitrogens with zero attached hydrogens (tertiary/aromatic N) is 3. The molecule has 0 bridgehead atoms. The van der Waals surface area contributed by atoms with Crippen LogP contribution in [-0.4, -0.2) is 37.3 Å². The minimum absolute atomic E-state index is 0.0690. The van der Waals surface area contributed by atoms with E-state index in [-0.39, 0.29) is 32.7 Å². The van der Waals surface area contributed by atoms with Crippen molar-refractivity contribution < 1.29 is 19.7 Å². The number of nitrogens with one attached hydrogen (secondary N) is 1. The van der Waals surface area contributed by atoms with Gasteiger partial charge in [0, 0.05) is 20.3 Å². The first-order valence-electron chi connectivity index (χ1n) is 8.60. The molecule has 0 saturated carbocycles. The fourth-order valence-electron chi connectivity index (χ4n) is 2.89. The summed E-state index contributed by atoms with van der Waals surface area (Å²) in [6.45, 7) is 0. The van der Waals surface area contributed by atoms with Crippen LogP contribution in [-0.2, 0) is 14.1 Å². The first-order valence-corrected chi connectivity index (χ1v) is 9.35. The largest absolute Gasteiger partial charge is 0.505 e. The van der Waals surface area contributed by atoms with E-state index in [0.717, 1.165) is 11.6 Å². The Morgan fingerprint density at radius 3 is 2.45 bits per heavy atom. The molecule has 0 saturated heterocycles. The van der Waals surface area contributed by atoms with Crippen LogP contribution in [0.3, 0.4) is 0 Å². The highest BCUT2D eigenvalue weighted by Gasteiger charge is 2.25. The van der Waals surface area contributed by atoms with E-state index < -0.39 is 34.3 Å². The standard InChI is InChI=1S/C19H16Cl2N4O6/c1-24-17(28)13(18(29)25(2)19(24)30)16(27)23-10-4-5-11(31-3)12(15(10)26)14-9(21)6-8(20)7-22-14/h4-7,26,28H,1-3H3,(H,23,27). The second kappa shape index (κ2) is 8.32. The van der Waals surface area contributed by atoms with Gasteiger partial charge in [-0.15, -0.1) is 0 Å². The first kappa shape index (κ1) is 22.2. The first-order chi connectivity index (χ1) is 14.6. The lowest BCUT2D eigenvalue weighted by molar-refractivity contribution is 0.102.